The highest BCUT2D eigenvalue weighted by Gasteiger charge is 2.15. The molecule has 116 valence electrons. The van der Waals surface area contributed by atoms with Crippen LogP contribution in [0.2, 0.25) is 0 Å². The van der Waals surface area contributed by atoms with Crippen molar-refractivity contribution in [1.82, 2.24) is 20.0 Å². The maximum absolute atomic E-state index is 4.82. The first-order valence-electron chi connectivity index (χ1n) is 7.98. The van der Waals surface area contributed by atoms with E-state index in [1.54, 1.807) is 0 Å². The summed E-state index contributed by atoms with van der Waals surface area (Å²) in [7, 11) is 4.26. The molecule has 0 aliphatic heterocycles. The van der Waals surface area contributed by atoms with Crippen LogP contribution in [0.1, 0.15) is 26.0 Å². The first kappa shape index (κ1) is 16.0. The van der Waals surface area contributed by atoms with E-state index < -0.39 is 0 Å². The average Bonchev–Trinajstić information content (AvgIpc) is 2.82. The van der Waals surface area contributed by atoms with Crippen molar-refractivity contribution in [3.63, 3.8) is 0 Å². The van der Waals surface area contributed by atoms with Gasteiger partial charge in [-0.15, -0.1) is 0 Å². The smallest absolute Gasteiger partial charge is 0.0719 e. The lowest BCUT2D eigenvalue weighted by Gasteiger charge is -2.21. The number of rotatable bonds is 8. The lowest BCUT2D eigenvalue weighted by molar-refractivity contribution is 0.334. The number of aromatic nitrogens is 2. The van der Waals surface area contributed by atoms with Gasteiger partial charge in [0.05, 0.1) is 11.2 Å². The van der Waals surface area contributed by atoms with E-state index >= 15 is 0 Å². The summed E-state index contributed by atoms with van der Waals surface area (Å²) in [4.78, 5) is 2.24. The van der Waals surface area contributed by atoms with Crippen molar-refractivity contribution in [2.45, 2.75) is 39.3 Å². The molecule has 0 spiro atoms. The third-order valence-electron chi connectivity index (χ3n) is 3.74. The second kappa shape index (κ2) is 7.57. The Balaban J connectivity index is 2.23. The van der Waals surface area contributed by atoms with E-state index in [1.807, 2.05) is 0 Å². The van der Waals surface area contributed by atoms with Crippen LogP contribution in [-0.2, 0) is 13.0 Å². The van der Waals surface area contributed by atoms with Crippen LogP contribution >= 0.6 is 0 Å². The molecular formula is C17H28N4. The zero-order valence-corrected chi connectivity index (χ0v) is 13.8. The Kier molecular flexibility index (Phi) is 5.76. The SMILES string of the molecule is CCCNC(Cc1nn(CC)c2ccccc12)CN(C)C. The van der Waals surface area contributed by atoms with Gasteiger partial charge in [0, 0.05) is 30.9 Å². The number of para-hydroxylation sites is 1. The highest BCUT2D eigenvalue weighted by atomic mass is 15.3. The van der Waals surface area contributed by atoms with Crippen molar-refractivity contribution < 1.29 is 0 Å². The van der Waals surface area contributed by atoms with Crippen LogP contribution in [0.5, 0.6) is 0 Å². The van der Waals surface area contributed by atoms with Crippen LogP contribution < -0.4 is 5.32 Å². The van der Waals surface area contributed by atoms with Crippen LogP contribution in [0.15, 0.2) is 24.3 Å². The topological polar surface area (TPSA) is 33.1 Å². The van der Waals surface area contributed by atoms with Crippen LogP contribution in [0.3, 0.4) is 0 Å². The Morgan fingerprint density at radius 1 is 1.24 bits per heavy atom. The predicted molar refractivity (Wildman–Crippen MR) is 89.7 cm³/mol. The van der Waals surface area contributed by atoms with Gasteiger partial charge in [-0.05, 0) is 40.1 Å². The first-order valence-corrected chi connectivity index (χ1v) is 7.98. The quantitative estimate of drug-likeness (QED) is 0.810. The second-order valence-electron chi connectivity index (χ2n) is 5.90. The molecule has 0 fully saturated rings. The summed E-state index contributed by atoms with van der Waals surface area (Å²) in [5.74, 6) is 0. The molecule has 2 rings (SSSR count). The molecule has 1 aromatic heterocycles. The highest BCUT2D eigenvalue weighted by molar-refractivity contribution is 5.82. The summed E-state index contributed by atoms with van der Waals surface area (Å²) in [6.45, 7) is 7.37. The van der Waals surface area contributed by atoms with Crippen molar-refractivity contribution in [2.75, 3.05) is 27.2 Å². The summed E-state index contributed by atoms with van der Waals surface area (Å²) in [6.07, 6.45) is 2.14. The Bertz CT molecular complexity index is 559. The summed E-state index contributed by atoms with van der Waals surface area (Å²) < 4.78 is 2.11. The van der Waals surface area contributed by atoms with Crippen LogP contribution in [0.4, 0.5) is 0 Å². The molecule has 0 amide bonds. The molecule has 4 nitrogen and oxygen atoms in total. The van der Waals surface area contributed by atoms with Crippen molar-refractivity contribution >= 4 is 10.9 Å². The monoisotopic (exact) mass is 288 g/mol. The standard InChI is InChI=1S/C17H28N4/c1-5-11-18-14(13-20(3)4)12-16-15-9-7-8-10-17(15)21(6-2)19-16/h7-10,14,18H,5-6,11-13H2,1-4H3. The van der Waals surface area contributed by atoms with E-state index in [4.69, 9.17) is 5.10 Å². The molecular weight excluding hydrogens is 260 g/mol. The fourth-order valence-electron chi connectivity index (χ4n) is 2.81. The molecule has 0 saturated carbocycles. The average molecular weight is 288 g/mol. The van der Waals surface area contributed by atoms with E-state index in [1.165, 1.54) is 16.6 Å². The minimum atomic E-state index is 0.448. The Labute approximate surface area is 128 Å². The molecule has 1 aromatic carbocycles. The molecule has 1 unspecified atom stereocenters. The van der Waals surface area contributed by atoms with Gasteiger partial charge in [-0.3, -0.25) is 4.68 Å². The van der Waals surface area contributed by atoms with Crippen molar-refractivity contribution in [2.24, 2.45) is 0 Å². The minimum absolute atomic E-state index is 0.448. The van der Waals surface area contributed by atoms with Crippen LogP contribution in [-0.4, -0.2) is 47.9 Å². The summed E-state index contributed by atoms with van der Waals surface area (Å²) in [6, 6.07) is 9.00. The van der Waals surface area contributed by atoms with Gasteiger partial charge in [-0.25, -0.2) is 0 Å². The van der Waals surface area contributed by atoms with Gasteiger partial charge in [-0.1, -0.05) is 25.1 Å². The molecule has 1 N–H and O–H groups in total. The molecule has 0 bridgehead atoms. The van der Waals surface area contributed by atoms with Gasteiger partial charge in [0.2, 0.25) is 0 Å². The first-order chi connectivity index (χ1) is 10.2. The van der Waals surface area contributed by atoms with Gasteiger partial charge in [0.25, 0.3) is 0 Å². The largest absolute Gasteiger partial charge is 0.312 e. The van der Waals surface area contributed by atoms with Crippen molar-refractivity contribution in [3.8, 4) is 0 Å². The van der Waals surface area contributed by atoms with Crippen molar-refractivity contribution in [3.05, 3.63) is 30.0 Å². The zero-order chi connectivity index (χ0) is 15.2. The minimum Gasteiger partial charge on any atom is -0.312 e. The second-order valence-corrected chi connectivity index (χ2v) is 5.90. The van der Waals surface area contributed by atoms with Crippen LogP contribution in [0.25, 0.3) is 10.9 Å². The molecule has 2 aromatic rings. The molecule has 1 heterocycles. The number of fused-ring (bicyclic) bond motifs is 1. The Hall–Kier alpha value is -1.39. The molecule has 0 saturated heterocycles. The van der Waals surface area contributed by atoms with Crippen molar-refractivity contribution in [1.29, 1.82) is 0 Å². The maximum atomic E-state index is 4.82. The fraction of sp³-hybridized carbons (Fsp3) is 0.588. The van der Waals surface area contributed by atoms with E-state index in [0.29, 0.717) is 6.04 Å². The lowest BCUT2D eigenvalue weighted by atomic mass is 10.1. The Morgan fingerprint density at radius 3 is 2.67 bits per heavy atom. The van der Waals surface area contributed by atoms with Gasteiger partial charge in [-0.2, -0.15) is 5.10 Å². The number of likely N-dealkylation sites (N-methyl/N-ethyl adjacent to an activating group) is 1. The van der Waals surface area contributed by atoms with Gasteiger partial charge in [0.1, 0.15) is 0 Å². The maximum Gasteiger partial charge on any atom is 0.0719 e. The number of hydrogen-bond acceptors (Lipinski definition) is 3. The number of nitrogens with zero attached hydrogens (tertiary/aromatic N) is 3. The predicted octanol–water partition coefficient (Wildman–Crippen LogP) is 2.53. The number of hydrogen-bond donors (Lipinski definition) is 1. The zero-order valence-electron chi connectivity index (χ0n) is 13.8. The molecule has 0 aliphatic carbocycles. The summed E-state index contributed by atoms with van der Waals surface area (Å²) >= 11 is 0. The molecule has 0 aliphatic rings. The highest BCUT2D eigenvalue weighted by Crippen LogP contribution is 2.19. The molecule has 4 heteroatoms. The third-order valence-corrected chi connectivity index (χ3v) is 3.74. The van der Waals surface area contributed by atoms with Gasteiger partial charge < -0.3 is 10.2 Å². The van der Waals surface area contributed by atoms with E-state index in [0.717, 1.165) is 32.5 Å². The number of nitrogens with one attached hydrogen (secondary N) is 1. The number of benzene rings is 1. The van der Waals surface area contributed by atoms with E-state index in [9.17, 15) is 0 Å². The van der Waals surface area contributed by atoms with Gasteiger partial charge >= 0.3 is 0 Å². The van der Waals surface area contributed by atoms with Gasteiger partial charge in [0.15, 0.2) is 0 Å². The number of aryl methyl sites for hydroxylation is 1. The van der Waals surface area contributed by atoms with Crippen LogP contribution in [0, 0.1) is 0 Å². The molecule has 1 atom stereocenters. The normalized spacial score (nSPS) is 13.2. The third kappa shape index (κ3) is 4.05. The summed E-state index contributed by atoms with van der Waals surface area (Å²) in [5, 5.41) is 9.76. The van der Waals surface area contributed by atoms with E-state index in [2.05, 4.69) is 67.1 Å². The summed E-state index contributed by atoms with van der Waals surface area (Å²) in [5.41, 5.74) is 2.46. The fourth-order valence-corrected chi connectivity index (χ4v) is 2.81. The molecule has 21 heavy (non-hydrogen) atoms. The molecule has 0 radical (unpaired) electrons. The lowest BCUT2D eigenvalue weighted by Crippen LogP contribution is -2.40. The van der Waals surface area contributed by atoms with E-state index in [-0.39, 0.29) is 0 Å². The Morgan fingerprint density at radius 2 is 2.00 bits per heavy atom.